The van der Waals surface area contributed by atoms with Crippen LogP contribution in [0.4, 0.5) is 20.3 Å². The van der Waals surface area contributed by atoms with E-state index in [4.69, 9.17) is 5.73 Å². The van der Waals surface area contributed by atoms with Crippen molar-refractivity contribution in [3.63, 3.8) is 0 Å². The molecule has 0 saturated heterocycles. The number of nitrogens with zero attached hydrogens (tertiary/aromatic N) is 6. The SMILES string of the molecule is CCC(C(=O)Nc1c(C(N)=O)sc2nc(C(F)F)cc(-c3cn(CC)nc3C)c12)n1nc([N+](=O)[O-])cc1C. The Bertz CT molecular complexity index is 1580. The van der Waals surface area contributed by atoms with Crippen molar-refractivity contribution in [2.75, 3.05) is 5.32 Å². The average molecular weight is 547 g/mol. The number of halogens is 2. The number of primary amides is 1. The van der Waals surface area contributed by atoms with E-state index >= 15 is 0 Å². The molecule has 0 bridgehead atoms. The summed E-state index contributed by atoms with van der Waals surface area (Å²) in [6.45, 7) is 7.39. The molecular formula is C23H24F2N8O4S. The fraction of sp³-hybridized carbons (Fsp3) is 0.348. The largest absolute Gasteiger partial charge is 0.390 e. The van der Waals surface area contributed by atoms with E-state index in [0.29, 0.717) is 29.1 Å². The van der Waals surface area contributed by atoms with E-state index in [9.17, 15) is 28.5 Å². The third-order valence-electron chi connectivity index (χ3n) is 6.02. The Balaban J connectivity index is 1.91. The number of rotatable bonds is 9. The van der Waals surface area contributed by atoms with Gasteiger partial charge in [-0.2, -0.15) is 9.78 Å². The number of amides is 2. The molecule has 4 aromatic heterocycles. The van der Waals surface area contributed by atoms with Crippen LogP contribution in [-0.4, -0.2) is 41.3 Å². The maximum atomic E-state index is 13.8. The molecule has 0 radical (unpaired) electrons. The topological polar surface area (TPSA) is 164 Å². The highest BCUT2D eigenvalue weighted by atomic mass is 32.1. The molecule has 0 fully saturated rings. The zero-order valence-electron chi connectivity index (χ0n) is 20.9. The minimum absolute atomic E-state index is 0.0206. The third-order valence-corrected chi connectivity index (χ3v) is 7.12. The van der Waals surface area contributed by atoms with E-state index in [0.717, 1.165) is 11.3 Å². The first-order chi connectivity index (χ1) is 18.0. The zero-order valence-corrected chi connectivity index (χ0v) is 21.7. The quantitative estimate of drug-likeness (QED) is 0.230. The number of thiophene rings is 1. The Morgan fingerprint density at radius 3 is 2.45 bits per heavy atom. The minimum Gasteiger partial charge on any atom is -0.365 e. The number of alkyl halides is 2. The van der Waals surface area contributed by atoms with Gasteiger partial charge in [0.1, 0.15) is 15.4 Å². The summed E-state index contributed by atoms with van der Waals surface area (Å²) < 4.78 is 30.4. The summed E-state index contributed by atoms with van der Waals surface area (Å²) in [4.78, 5) is 40.4. The summed E-state index contributed by atoms with van der Waals surface area (Å²) in [5, 5.41) is 22.5. The molecule has 1 unspecified atom stereocenters. The summed E-state index contributed by atoms with van der Waals surface area (Å²) in [6.07, 6.45) is -0.990. The van der Waals surface area contributed by atoms with Gasteiger partial charge in [-0.3, -0.25) is 14.3 Å². The van der Waals surface area contributed by atoms with Gasteiger partial charge >= 0.3 is 5.82 Å². The molecular weight excluding hydrogens is 522 g/mol. The maximum Gasteiger partial charge on any atom is 0.390 e. The summed E-state index contributed by atoms with van der Waals surface area (Å²) in [5.41, 5.74) is 6.90. The molecule has 0 aromatic carbocycles. The molecule has 15 heteroatoms. The molecule has 12 nitrogen and oxygen atoms in total. The summed E-state index contributed by atoms with van der Waals surface area (Å²) in [6, 6.07) is 1.48. The molecule has 2 amide bonds. The molecule has 0 aliphatic heterocycles. The second kappa shape index (κ2) is 10.2. The summed E-state index contributed by atoms with van der Waals surface area (Å²) >= 11 is 0.786. The number of nitrogens with one attached hydrogen (secondary N) is 1. The summed E-state index contributed by atoms with van der Waals surface area (Å²) in [7, 11) is 0. The average Bonchev–Trinajstić information content (AvgIpc) is 3.54. The molecule has 1 atom stereocenters. The van der Waals surface area contributed by atoms with Crippen LogP contribution in [0.5, 0.6) is 0 Å². The number of hydrogen-bond donors (Lipinski definition) is 2. The van der Waals surface area contributed by atoms with Crippen molar-refractivity contribution in [3.05, 3.63) is 50.4 Å². The predicted molar refractivity (Wildman–Crippen MR) is 136 cm³/mol. The van der Waals surface area contributed by atoms with Gasteiger partial charge in [-0.25, -0.2) is 13.8 Å². The van der Waals surface area contributed by atoms with Crippen LogP contribution in [0.2, 0.25) is 0 Å². The van der Waals surface area contributed by atoms with Gasteiger partial charge in [0, 0.05) is 23.7 Å². The van der Waals surface area contributed by atoms with Gasteiger partial charge in [-0.05, 0) is 43.7 Å². The van der Waals surface area contributed by atoms with Gasteiger partial charge in [-0.1, -0.05) is 6.92 Å². The van der Waals surface area contributed by atoms with Crippen LogP contribution in [0.3, 0.4) is 0 Å². The Kier molecular flexibility index (Phi) is 7.22. The van der Waals surface area contributed by atoms with Crippen molar-refractivity contribution in [1.29, 1.82) is 0 Å². The number of anilines is 1. The van der Waals surface area contributed by atoms with Crippen LogP contribution in [0.15, 0.2) is 18.3 Å². The van der Waals surface area contributed by atoms with Crippen molar-refractivity contribution < 1.29 is 23.3 Å². The number of aromatic nitrogens is 5. The van der Waals surface area contributed by atoms with Gasteiger partial charge in [0.05, 0.1) is 28.2 Å². The van der Waals surface area contributed by atoms with E-state index in [-0.39, 0.29) is 27.2 Å². The maximum absolute atomic E-state index is 13.8. The zero-order chi connectivity index (χ0) is 27.9. The number of nitrogens with two attached hydrogens (primary N) is 1. The van der Waals surface area contributed by atoms with Crippen LogP contribution >= 0.6 is 11.3 Å². The van der Waals surface area contributed by atoms with Gasteiger partial charge in [0.25, 0.3) is 18.2 Å². The van der Waals surface area contributed by atoms with Crippen molar-refractivity contribution >= 4 is 44.9 Å². The summed E-state index contributed by atoms with van der Waals surface area (Å²) in [5.74, 6) is -1.92. The van der Waals surface area contributed by atoms with Crippen molar-refractivity contribution in [2.24, 2.45) is 5.73 Å². The predicted octanol–water partition coefficient (Wildman–Crippen LogP) is 4.53. The molecule has 4 rings (SSSR count). The molecule has 4 aromatic rings. The highest BCUT2D eigenvalue weighted by molar-refractivity contribution is 7.21. The minimum atomic E-state index is -2.89. The number of carbonyl (C=O) groups excluding carboxylic acids is 2. The van der Waals surface area contributed by atoms with Crippen LogP contribution in [0.25, 0.3) is 21.3 Å². The van der Waals surface area contributed by atoms with Gasteiger partial charge < -0.3 is 21.2 Å². The van der Waals surface area contributed by atoms with Crippen LogP contribution in [-0.2, 0) is 11.3 Å². The van der Waals surface area contributed by atoms with E-state index < -0.39 is 40.7 Å². The highest BCUT2D eigenvalue weighted by Gasteiger charge is 2.31. The molecule has 0 aliphatic rings. The van der Waals surface area contributed by atoms with E-state index in [1.165, 1.54) is 16.8 Å². The lowest BCUT2D eigenvalue weighted by Gasteiger charge is -2.15. The molecule has 3 N–H and O–H groups in total. The fourth-order valence-electron chi connectivity index (χ4n) is 4.23. The third kappa shape index (κ3) is 4.71. The monoisotopic (exact) mass is 546 g/mol. The number of carbonyl (C=O) groups is 2. The smallest absolute Gasteiger partial charge is 0.365 e. The number of fused-ring (bicyclic) bond motifs is 1. The first kappa shape index (κ1) is 26.8. The molecule has 4 heterocycles. The highest BCUT2D eigenvalue weighted by Crippen LogP contribution is 2.43. The number of nitro groups is 1. The second-order valence-electron chi connectivity index (χ2n) is 8.49. The first-order valence-electron chi connectivity index (χ1n) is 11.6. The number of aryl methyl sites for hydroxylation is 3. The Labute approximate surface area is 218 Å². The lowest BCUT2D eigenvalue weighted by molar-refractivity contribution is -0.389. The van der Waals surface area contributed by atoms with Crippen molar-refractivity contribution in [2.45, 2.75) is 53.1 Å². The normalized spacial score (nSPS) is 12.3. The van der Waals surface area contributed by atoms with Crippen molar-refractivity contribution in [1.82, 2.24) is 24.5 Å². The molecule has 0 aliphatic carbocycles. The lowest BCUT2D eigenvalue weighted by atomic mass is 10.0. The van der Waals surface area contributed by atoms with Gasteiger partial charge in [-0.15, -0.1) is 11.3 Å². The van der Waals surface area contributed by atoms with E-state index in [2.05, 4.69) is 20.5 Å². The van der Waals surface area contributed by atoms with Crippen molar-refractivity contribution in [3.8, 4) is 11.1 Å². The Hall–Kier alpha value is -4.27. The second-order valence-corrected chi connectivity index (χ2v) is 9.49. The molecule has 200 valence electrons. The van der Waals surface area contributed by atoms with Gasteiger partial charge in [0.2, 0.25) is 0 Å². The Morgan fingerprint density at radius 2 is 1.92 bits per heavy atom. The lowest BCUT2D eigenvalue weighted by Crippen LogP contribution is -2.28. The van der Waals surface area contributed by atoms with Gasteiger partial charge in [0.15, 0.2) is 6.04 Å². The van der Waals surface area contributed by atoms with Crippen LogP contribution < -0.4 is 11.1 Å². The van der Waals surface area contributed by atoms with E-state index in [1.807, 2.05) is 6.92 Å². The first-order valence-corrected chi connectivity index (χ1v) is 12.4. The van der Waals surface area contributed by atoms with E-state index in [1.54, 1.807) is 31.6 Å². The molecule has 0 spiro atoms. The number of pyridine rings is 1. The number of hydrogen-bond acceptors (Lipinski definition) is 8. The Morgan fingerprint density at radius 1 is 1.21 bits per heavy atom. The standard InChI is InChI=1S/C23H24F2N8O4S/c1-5-15(32-10(3)7-16(30-32)33(36)37)22(35)28-18-17-12(13-9-31(6-2)29-11(13)4)8-14(20(24)25)27-23(17)38-19(18)21(26)34/h7-9,15,20H,5-6H2,1-4H3,(H2,26,34)(H,28,35). The molecule has 0 saturated carbocycles. The molecule has 38 heavy (non-hydrogen) atoms. The van der Waals surface area contributed by atoms with Crippen LogP contribution in [0, 0.1) is 24.0 Å². The van der Waals surface area contributed by atoms with Crippen LogP contribution in [0.1, 0.15) is 59.5 Å². The fourth-order valence-corrected chi connectivity index (χ4v) is 5.24.